The number of carbonyl (C=O) groups excluding carboxylic acids is 4. The molecule has 2 fully saturated rings. The Hall–Kier alpha value is -4.41. The molecule has 0 radical (unpaired) electrons. The number of nitrogens with one attached hydrogen (secondary N) is 5. The summed E-state index contributed by atoms with van der Waals surface area (Å²) in [5.41, 5.74) is 10.5. The number of thioether (sulfide) groups is 1. The smallest absolute Gasteiger partial charge is 0.315 e. The lowest BCUT2D eigenvalue weighted by Crippen LogP contribution is -2.43. The number of hydrogen-bond acceptors (Lipinski definition) is 10. The van der Waals surface area contributed by atoms with Crippen molar-refractivity contribution in [1.29, 1.82) is 0 Å². The maximum absolute atomic E-state index is 14.0. The molecular weight excluding hydrogens is 670 g/mol. The maximum atomic E-state index is 14.0. The number of ether oxygens (including phenoxy) is 1. The fraction of sp³-hybridized carbons (Fsp3) is 0.471. The van der Waals surface area contributed by atoms with E-state index in [1.165, 1.54) is 6.07 Å². The number of anilines is 1. The zero-order valence-corrected chi connectivity index (χ0v) is 28.7. The van der Waals surface area contributed by atoms with Crippen LogP contribution in [0.5, 0.6) is 5.75 Å². The molecule has 270 valence electrons. The first-order valence-electron chi connectivity index (χ1n) is 16.8. The highest BCUT2D eigenvalue weighted by Crippen LogP contribution is 2.33. The Morgan fingerprint density at radius 2 is 1.86 bits per heavy atom. The molecule has 5 rings (SSSR count). The number of para-hydroxylation sites is 1. The number of benzene rings is 2. The van der Waals surface area contributed by atoms with Gasteiger partial charge in [-0.05, 0) is 69.0 Å². The van der Waals surface area contributed by atoms with E-state index in [1.807, 2.05) is 25.0 Å². The van der Waals surface area contributed by atoms with Crippen molar-refractivity contribution in [3.8, 4) is 5.75 Å². The van der Waals surface area contributed by atoms with Gasteiger partial charge in [-0.2, -0.15) is 11.8 Å². The number of nitrogens with zero attached hydrogens (tertiary/aromatic N) is 2. The molecule has 7 N–H and O–H groups in total. The molecule has 16 heteroatoms. The molecule has 4 amide bonds. The maximum Gasteiger partial charge on any atom is 0.315 e. The van der Waals surface area contributed by atoms with E-state index in [-0.39, 0.29) is 36.0 Å². The second-order valence-corrected chi connectivity index (χ2v) is 13.7. The summed E-state index contributed by atoms with van der Waals surface area (Å²) in [7, 11) is 1.81. The summed E-state index contributed by atoms with van der Waals surface area (Å²) in [5.74, 6) is -2.68. The summed E-state index contributed by atoms with van der Waals surface area (Å²) >= 11 is 1.86. The quantitative estimate of drug-likeness (QED) is 0.0998. The van der Waals surface area contributed by atoms with Gasteiger partial charge in [0.05, 0.1) is 36.1 Å². The number of amides is 4. The Kier molecular flexibility index (Phi) is 12.9. The number of hydrogen-bond donors (Lipinski definition) is 6. The first-order valence-corrected chi connectivity index (χ1v) is 17.8. The first-order chi connectivity index (χ1) is 24.1. The average Bonchev–Trinajstić information content (AvgIpc) is 3.78. The van der Waals surface area contributed by atoms with E-state index in [0.29, 0.717) is 43.3 Å². The molecule has 0 saturated carbocycles. The second-order valence-electron chi connectivity index (χ2n) is 12.5. The molecule has 2 saturated heterocycles. The van der Waals surface area contributed by atoms with Crippen molar-refractivity contribution in [3.63, 3.8) is 0 Å². The zero-order chi connectivity index (χ0) is 35.6. The fourth-order valence-corrected chi connectivity index (χ4v) is 7.59. The van der Waals surface area contributed by atoms with Crippen LogP contribution in [-0.2, 0) is 9.59 Å². The number of halogens is 2. The van der Waals surface area contributed by atoms with Crippen LogP contribution in [0.4, 0.5) is 19.3 Å². The van der Waals surface area contributed by atoms with E-state index in [1.54, 1.807) is 34.3 Å². The number of unbranched alkanes of at least 4 members (excludes halogenated alkanes) is 2. The van der Waals surface area contributed by atoms with Gasteiger partial charge in [0, 0.05) is 36.2 Å². The van der Waals surface area contributed by atoms with Crippen molar-refractivity contribution in [2.45, 2.75) is 68.3 Å². The van der Waals surface area contributed by atoms with Gasteiger partial charge in [0.2, 0.25) is 5.91 Å². The molecule has 3 aliphatic heterocycles. The zero-order valence-electron chi connectivity index (χ0n) is 27.9. The van der Waals surface area contributed by atoms with Crippen LogP contribution in [0.25, 0.3) is 0 Å². The third kappa shape index (κ3) is 9.63. The Bertz CT molecular complexity index is 1560. The molecule has 0 spiro atoms. The number of nitrogens with two attached hydrogens (primary N) is 1. The summed E-state index contributed by atoms with van der Waals surface area (Å²) < 4.78 is 33.2. The van der Waals surface area contributed by atoms with Crippen LogP contribution in [0.3, 0.4) is 0 Å². The molecule has 4 atom stereocenters. The third-order valence-electron chi connectivity index (χ3n) is 8.82. The molecular formula is C34H44F2N8O5S. The SMILES string of the molecule is CN1NN(c2cccc(C(=O)N[C@@H](CCCCN)C(=O)COc3c(F)cccc3F)c2)C=C1CNC(=O)CCCC[C@@H]1SC[C@@H]2NC(=O)N[C@@H]21. The minimum atomic E-state index is -0.958. The highest BCUT2D eigenvalue weighted by atomic mass is 32.2. The molecule has 0 bridgehead atoms. The summed E-state index contributed by atoms with van der Waals surface area (Å²) in [5, 5.41) is 15.5. The van der Waals surface area contributed by atoms with Crippen LogP contribution in [0.1, 0.15) is 55.3 Å². The lowest BCUT2D eigenvalue weighted by Gasteiger charge is -2.22. The van der Waals surface area contributed by atoms with Gasteiger partial charge >= 0.3 is 6.03 Å². The van der Waals surface area contributed by atoms with Crippen molar-refractivity contribution in [3.05, 3.63) is 71.6 Å². The molecule has 0 aliphatic carbocycles. The van der Waals surface area contributed by atoms with Gasteiger partial charge < -0.3 is 31.7 Å². The Morgan fingerprint density at radius 1 is 1.08 bits per heavy atom. The monoisotopic (exact) mass is 714 g/mol. The van der Waals surface area contributed by atoms with Gasteiger partial charge in [0.1, 0.15) is 6.61 Å². The molecule has 0 unspecified atom stereocenters. The minimum absolute atomic E-state index is 0.0517. The molecule has 0 aromatic heterocycles. The van der Waals surface area contributed by atoms with E-state index >= 15 is 0 Å². The summed E-state index contributed by atoms with van der Waals surface area (Å²) in [4.78, 5) is 50.5. The average molecular weight is 715 g/mol. The van der Waals surface area contributed by atoms with E-state index in [9.17, 15) is 28.0 Å². The number of fused-ring (bicyclic) bond motifs is 1. The number of ketones is 1. The first kappa shape index (κ1) is 36.9. The molecule has 50 heavy (non-hydrogen) atoms. The van der Waals surface area contributed by atoms with Crippen LogP contribution in [-0.4, -0.2) is 84.5 Å². The van der Waals surface area contributed by atoms with Crippen molar-refractivity contribution in [2.75, 3.05) is 37.5 Å². The third-order valence-corrected chi connectivity index (χ3v) is 10.3. The van der Waals surface area contributed by atoms with Crippen LogP contribution in [0, 0.1) is 11.6 Å². The summed E-state index contributed by atoms with van der Waals surface area (Å²) in [6.45, 7) is 0.0784. The van der Waals surface area contributed by atoms with Gasteiger partial charge in [-0.1, -0.05) is 18.6 Å². The van der Waals surface area contributed by atoms with Gasteiger partial charge in [-0.3, -0.25) is 24.4 Å². The number of likely N-dealkylation sites (N-methyl/N-ethyl adjacent to an activating group) is 1. The van der Waals surface area contributed by atoms with Gasteiger partial charge in [-0.25, -0.2) is 13.6 Å². The van der Waals surface area contributed by atoms with Crippen LogP contribution in [0.2, 0.25) is 0 Å². The van der Waals surface area contributed by atoms with Crippen LogP contribution >= 0.6 is 11.8 Å². The number of hydrazine groups is 2. The molecule has 2 aromatic rings. The van der Waals surface area contributed by atoms with Crippen molar-refractivity contribution < 1.29 is 32.7 Å². The molecule has 3 aliphatic rings. The number of urea groups is 1. The molecule has 2 aromatic carbocycles. The van der Waals surface area contributed by atoms with E-state index in [2.05, 4.69) is 26.8 Å². The van der Waals surface area contributed by atoms with Crippen molar-refractivity contribution in [2.24, 2.45) is 5.73 Å². The second kappa shape index (κ2) is 17.5. The molecule has 13 nitrogen and oxygen atoms in total. The van der Waals surface area contributed by atoms with Gasteiger partial charge in [-0.15, -0.1) is 5.53 Å². The van der Waals surface area contributed by atoms with Crippen molar-refractivity contribution >= 4 is 41.1 Å². The van der Waals surface area contributed by atoms with E-state index in [4.69, 9.17) is 10.5 Å². The van der Waals surface area contributed by atoms with Gasteiger partial charge in [0.15, 0.2) is 23.2 Å². The fourth-order valence-electron chi connectivity index (χ4n) is 6.05. The van der Waals surface area contributed by atoms with E-state index in [0.717, 1.165) is 42.8 Å². The van der Waals surface area contributed by atoms with Gasteiger partial charge in [0.25, 0.3) is 5.91 Å². The number of Topliss-reactive ketones (excluding diaryl/α,β-unsaturated/α-hetero) is 1. The number of carbonyl (C=O) groups is 4. The lowest BCUT2D eigenvalue weighted by atomic mass is 10.0. The van der Waals surface area contributed by atoms with Crippen molar-refractivity contribution in [1.82, 2.24) is 31.8 Å². The van der Waals surface area contributed by atoms with E-state index < -0.39 is 41.7 Å². The Balaban J connectivity index is 1.10. The highest BCUT2D eigenvalue weighted by molar-refractivity contribution is 8.00. The lowest BCUT2D eigenvalue weighted by molar-refractivity contribution is -0.123. The Morgan fingerprint density at radius 3 is 2.64 bits per heavy atom. The minimum Gasteiger partial charge on any atom is -0.480 e. The topological polar surface area (TPSA) is 170 Å². The Labute approximate surface area is 294 Å². The predicted octanol–water partition coefficient (Wildman–Crippen LogP) is 2.70. The molecule has 3 heterocycles. The normalized spacial score (nSPS) is 20.1. The standard InChI is InChI=1S/C34H44F2N8O5S/c1-43-23(17-38-30(46)14-3-2-13-29-31-27(20-50-29)40-34(48)41-31)18-44(42-43)22-9-6-8-21(16-22)33(47)39-26(12-4-5-15-37)28(45)19-49-32-24(35)10-7-11-25(32)36/h6-11,16,18,26-27,29,31,42H,2-5,12-15,17,19-20,37H2,1H3,(H,38,46)(H,39,47)(H2,40,41,48)/t26-,27-,29-,31-/m0/s1. The van der Waals surface area contributed by atoms with Crippen LogP contribution < -0.4 is 42.3 Å². The number of rotatable bonds is 18. The largest absolute Gasteiger partial charge is 0.480 e. The highest BCUT2D eigenvalue weighted by Gasteiger charge is 2.42. The summed E-state index contributed by atoms with van der Waals surface area (Å²) in [6.07, 6.45) is 6.27. The predicted molar refractivity (Wildman–Crippen MR) is 186 cm³/mol. The van der Waals surface area contributed by atoms with Crippen LogP contribution in [0.15, 0.2) is 54.4 Å². The summed E-state index contributed by atoms with van der Waals surface area (Å²) in [6, 6.07) is 9.32.